The fourth-order valence-corrected chi connectivity index (χ4v) is 5.65. The summed E-state index contributed by atoms with van der Waals surface area (Å²) in [5, 5.41) is 10.1. The number of rotatable bonds is 7. The number of aliphatic carboxylic acids is 1. The number of ketones is 1. The number of likely N-dealkylation sites (tertiary alicyclic amines) is 1. The second kappa shape index (κ2) is 11.8. The summed E-state index contributed by atoms with van der Waals surface area (Å²) >= 11 is 0. The van der Waals surface area contributed by atoms with Crippen molar-refractivity contribution in [1.29, 1.82) is 0 Å². The van der Waals surface area contributed by atoms with E-state index in [2.05, 4.69) is 18.8 Å². The zero-order chi connectivity index (χ0) is 26.6. The molecule has 0 aromatic heterocycles. The third-order valence-electron chi connectivity index (χ3n) is 7.94. The van der Waals surface area contributed by atoms with Crippen LogP contribution in [0, 0.1) is 40.9 Å². The Bertz CT molecular complexity index is 973. The van der Waals surface area contributed by atoms with Crippen LogP contribution in [0.3, 0.4) is 0 Å². The molecule has 0 aromatic rings. The van der Waals surface area contributed by atoms with Crippen LogP contribution in [0.5, 0.6) is 0 Å². The molecule has 1 saturated heterocycles. The maximum atomic E-state index is 14.0. The van der Waals surface area contributed by atoms with Crippen LogP contribution in [-0.2, 0) is 19.1 Å². The summed E-state index contributed by atoms with van der Waals surface area (Å²) in [4.78, 5) is 41.8. The van der Waals surface area contributed by atoms with Gasteiger partial charge in [0, 0.05) is 55.0 Å². The van der Waals surface area contributed by atoms with Gasteiger partial charge in [-0.15, -0.1) is 0 Å². The topological polar surface area (TPSA) is 83.9 Å². The number of carbonyl (C=O) groups is 3. The van der Waals surface area contributed by atoms with E-state index in [-0.39, 0.29) is 41.1 Å². The fourth-order valence-electron chi connectivity index (χ4n) is 5.65. The van der Waals surface area contributed by atoms with Crippen LogP contribution >= 0.6 is 0 Å². The Morgan fingerprint density at radius 1 is 1.08 bits per heavy atom. The zero-order valence-corrected chi connectivity index (χ0v) is 22.9. The third-order valence-corrected chi connectivity index (χ3v) is 7.94. The minimum Gasteiger partial charge on any atom is -0.478 e. The van der Waals surface area contributed by atoms with Gasteiger partial charge in [0.15, 0.2) is 0 Å². The van der Waals surface area contributed by atoms with Crippen molar-refractivity contribution in [3.63, 3.8) is 0 Å². The highest BCUT2D eigenvalue weighted by atomic mass is 16.5. The van der Waals surface area contributed by atoms with E-state index >= 15 is 0 Å². The van der Waals surface area contributed by atoms with Gasteiger partial charge in [0.2, 0.25) is 5.91 Å². The molecular weight excluding hydrogens is 454 g/mol. The molecule has 2 atom stereocenters. The minimum atomic E-state index is -1.04. The molecule has 3 aliphatic rings. The molecule has 0 aromatic carbocycles. The van der Waals surface area contributed by atoms with Crippen molar-refractivity contribution in [3.05, 3.63) is 22.8 Å². The van der Waals surface area contributed by atoms with E-state index in [0.717, 1.165) is 38.5 Å². The summed E-state index contributed by atoms with van der Waals surface area (Å²) in [6.45, 7) is 11.2. The first kappa shape index (κ1) is 28.2. The van der Waals surface area contributed by atoms with E-state index in [4.69, 9.17) is 4.74 Å². The van der Waals surface area contributed by atoms with E-state index in [0.29, 0.717) is 30.2 Å². The van der Waals surface area contributed by atoms with E-state index in [1.807, 2.05) is 25.7 Å². The number of nitrogens with zero attached hydrogens (tertiary/aromatic N) is 1. The van der Waals surface area contributed by atoms with Gasteiger partial charge in [0.1, 0.15) is 5.78 Å². The smallest absolute Gasteiger partial charge is 0.332 e. The molecule has 1 unspecified atom stereocenters. The Labute approximate surface area is 216 Å². The van der Waals surface area contributed by atoms with Gasteiger partial charge in [-0.05, 0) is 64.0 Å². The molecule has 1 N–H and O–H groups in total. The largest absolute Gasteiger partial charge is 0.478 e. The summed E-state index contributed by atoms with van der Waals surface area (Å²) < 4.78 is 5.45. The highest BCUT2D eigenvalue weighted by Gasteiger charge is 2.42. The van der Waals surface area contributed by atoms with Crippen molar-refractivity contribution in [2.75, 3.05) is 20.2 Å². The summed E-state index contributed by atoms with van der Waals surface area (Å²) in [5.41, 5.74) is 1.16. The SMILES string of the molecule is COC1CCN(C(=O)[C@H](C)C(C(=O)C2CCC(C)CC2)C2=C(C(=O)O)CC(C#CC(C)(C)C)=C2)CC1. The number of carboxylic acid groups (broad SMARTS) is 1. The lowest BCUT2D eigenvalue weighted by Gasteiger charge is -2.36. The first-order valence-corrected chi connectivity index (χ1v) is 13.5. The van der Waals surface area contributed by atoms with Crippen molar-refractivity contribution in [3.8, 4) is 11.8 Å². The average molecular weight is 498 g/mol. The molecule has 0 spiro atoms. The van der Waals surface area contributed by atoms with E-state index < -0.39 is 17.8 Å². The minimum absolute atomic E-state index is 0.0181. The Kier molecular flexibility index (Phi) is 9.22. The molecule has 1 aliphatic heterocycles. The molecule has 1 saturated carbocycles. The monoisotopic (exact) mass is 497 g/mol. The van der Waals surface area contributed by atoms with Crippen molar-refractivity contribution in [2.24, 2.45) is 29.1 Å². The van der Waals surface area contributed by atoms with Crippen LogP contribution in [0.1, 0.15) is 79.6 Å². The second-order valence-electron chi connectivity index (χ2n) is 12.0. The Morgan fingerprint density at radius 3 is 2.22 bits per heavy atom. The van der Waals surface area contributed by atoms with Crippen LogP contribution in [-0.4, -0.2) is 54.0 Å². The fraction of sp³-hybridized carbons (Fsp3) is 0.700. The number of carboxylic acids is 1. The Morgan fingerprint density at radius 2 is 1.69 bits per heavy atom. The molecule has 36 heavy (non-hydrogen) atoms. The van der Waals surface area contributed by atoms with Gasteiger partial charge in [0.25, 0.3) is 0 Å². The van der Waals surface area contributed by atoms with Gasteiger partial charge >= 0.3 is 5.97 Å². The number of carbonyl (C=O) groups excluding carboxylic acids is 2. The number of hydrogen-bond acceptors (Lipinski definition) is 4. The quantitative estimate of drug-likeness (QED) is 0.499. The van der Waals surface area contributed by atoms with E-state index in [9.17, 15) is 19.5 Å². The van der Waals surface area contributed by atoms with Crippen LogP contribution in [0.2, 0.25) is 0 Å². The van der Waals surface area contributed by atoms with Crippen LogP contribution < -0.4 is 0 Å². The number of amides is 1. The van der Waals surface area contributed by atoms with Gasteiger partial charge in [-0.3, -0.25) is 9.59 Å². The lowest BCUT2D eigenvalue weighted by atomic mass is 9.72. The summed E-state index contributed by atoms with van der Waals surface area (Å²) in [5.74, 6) is 4.28. The standard InChI is InChI=1S/C30H43NO5/c1-19-7-9-22(10-8-19)27(32)26(20(2)28(33)31-15-12-23(36-6)13-16-31)24-17-21(11-14-30(3,4)5)18-25(24)29(34)35/h17,19-20,22-23,26H,7-10,12-13,15-16,18H2,1-6H3,(H,34,35)/t19?,20-,22?,26?/m1/s1. The summed E-state index contributed by atoms with van der Waals surface area (Å²) in [6, 6.07) is 0. The number of piperidine rings is 1. The number of ether oxygens (including phenoxy) is 1. The van der Waals surface area contributed by atoms with Crippen molar-refractivity contribution in [1.82, 2.24) is 4.90 Å². The molecule has 0 bridgehead atoms. The highest BCUT2D eigenvalue weighted by Crippen LogP contribution is 2.40. The molecule has 1 heterocycles. The molecule has 0 radical (unpaired) electrons. The van der Waals surface area contributed by atoms with Crippen LogP contribution in [0.15, 0.2) is 22.8 Å². The van der Waals surface area contributed by atoms with Crippen LogP contribution in [0.4, 0.5) is 0 Å². The molecule has 198 valence electrons. The molecule has 2 aliphatic carbocycles. The molecule has 6 heteroatoms. The highest BCUT2D eigenvalue weighted by molar-refractivity contribution is 5.97. The number of Topliss-reactive ketones (excluding diaryl/α,β-unsaturated/α-hetero) is 1. The number of hydrogen-bond donors (Lipinski definition) is 1. The summed E-state index contributed by atoms with van der Waals surface area (Å²) in [7, 11) is 1.69. The first-order chi connectivity index (χ1) is 16.9. The lowest BCUT2D eigenvalue weighted by Crippen LogP contribution is -2.46. The zero-order valence-electron chi connectivity index (χ0n) is 22.9. The number of methoxy groups -OCH3 is 1. The molecule has 3 rings (SSSR count). The van der Waals surface area contributed by atoms with E-state index in [1.54, 1.807) is 20.1 Å². The molecular formula is C30H43NO5. The molecule has 6 nitrogen and oxygen atoms in total. The van der Waals surface area contributed by atoms with Gasteiger partial charge in [-0.25, -0.2) is 4.79 Å². The predicted molar refractivity (Wildman–Crippen MR) is 140 cm³/mol. The van der Waals surface area contributed by atoms with Gasteiger partial charge < -0.3 is 14.7 Å². The average Bonchev–Trinajstić information content (AvgIpc) is 3.26. The maximum Gasteiger partial charge on any atom is 0.332 e. The Balaban J connectivity index is 1.96. The summed E-state index contributed by atoms with van der Waals surface area (Å²) in [6.07, 6.45) is 7.23. The normalized spacial score (nSPS) is 25.1. The maximum absolute atomic E-state index is 14.0. The third kappa shape index (κ3) is 6.88. The van der Waals surface area contributed by atoms with Crippen molar-refractivity contribution < 1.29 is 24.2 Å². The molecule has 1 amide bonds. The van der Waals surface area contributed by atoms with Gasteiger partial charge in [0.05, 0.1) is 12.0 Å². The molecule has 2 fully saturated rings. The second-order valence-corrected chi connectivity index (χ2v) is 12.0. The number of allylic oxidation sites excluding steroid dienone is 3. The van der Waals surface area contributed by atoms with Gasteiger partial charge in [-0.1, -0.05) is 38.5 Å². The lowest BCUT2D eigenvalue weighted by molar-refractivity contribution is -0.143. The van der Waals surface area contributed by atoms with Gasteiger partial charge in [-0.2, -0.15) is 0 Å². The van der Waals surface area contributed by atoms with Crippen LogP contribution in [0.25, 0.3) is 0 Å². The van der Waals surface area contributed by atoms with E-state index in [1.165, 1.54) is 0 Å². The predicted octanol–water partition coefficient (Wildman–Crippen LogP) is 5.03. The van der Waals surface area contributed by atoms with Crippen molar-refractivity contribution >= 4 is 17.7 Å². The van der Waals surface area contributed by atoms with Crippen molar-refractivity contribution in [2.45, 2.75) is 85.7 Å². The Hall–Kier alpha value is -2.39. The first-order valence-electron chi connectivity index (χ1n) is 13.5.